The van der Waals surface area contributed by atoms with Gasteiger partial charge in [0, 0.05) is 18.3 Å². The second-order valence-electron chi connectivity index (χ2n) is 2.31. The zero-order valence-corrected chi connectivity index (χ0v) is 6.91. The van der Waals surface area contributed by atoms with Crippen molar-refractivity contribution in [1.82, 2.24) is 0 Å². The average molecular weight is 165 g/mol. The number of carbonyl (C=O) groups is 1. The fraction of sp³-hybridized carbons (Fsp3) is 0.222. The van der Waals surface area contributed by atoms with E-state index in [1.54, 1.807) is 0 Å². The van der Waals surface area contributed by atoms with Gasteiger partial charge in [0.15, 0.2) is 0 Å². The topological polar surface area (TPSA) is 38.3 Å². The summed E-state index contributed by atoms with van der Waals surface area (Å²) in [5.41, 5.74) is 1.96. The molecule has 0 atom stereocenters. The molecular formula is C9H11NO2. The first-order valence-electron chi connectivity index (χ1n) is 3.69. The summed E-state index contributed by atoms with van der Waals surface area (Å²) in [6.45, 7) is 0.771. The van der Waals surface area contributed by atoms with Gasteiger partial charge in [0.05, 0.1) is 0 Å². The van der Waals surface area contributed by atoms with Crippen molar-refractivity contribution in [3.8, 4) is 0 Å². The van der Waals surface area contributed by atoms with E-state index in [1.807, 2.05) is 31.3 Å². The van der Waals surface area contributed by atoms with Crippen LogP contribution in [0.5, 0.6) is 0 Å². The molecule has 0 spiro atoms. The number of nitrogens with one attached hydrogen (secondary N) is 1. The Labute approximate surface area is 71.4 Å². The summed E-state index contributed by atoms with van der Waals surface area (Å²) < 4.78 is 4.64. The van der Waals surface area contributed by atoms with Crippen molar-refractivity contribution in [3.63, 3.8) is 0 Å². The molecule has 0 aliphatic heterocycles. The van der Waals surface area contributed by atoms with Gasteiger partial charge in [-0.15, -0.1) is 0 Å². The van der Waals surface area contributed by atoms with Crippen molar-refractivity contribution in [2.45, 2.75) is 6.61 Å². The molecule has 0 unspecified atom stereocenters. The largest absolute Gasteiger partial charge is 0.463 e. The lowest BCUT2D eigenvalue weighted by atomic mass is 10.2. The molecule has 0 saturated carbocycles. The number of para-hydroxylation sites is 1. The molecule has 0 saturated heterocycles. The minimum atomic E-state index is 0.320. The number of hydrogen-bond donors (Lipinski definition) is 1. The highest BCUT2D eigenvalue weighted by molar-refractivity contribution is 5.50. The zero-order chi connectivity index (χ0) is 8.81. The van der Waals surface area contributed by atoms with E-state index in [2.05, 4.69) is 10.1 Å². The van der Waals surface area contributed by atoms with E-state index in [1.165, 1.54) is 0 Å². The van der Waals surface area contributed by atoms with Gasteiger partial charge in [-0.1, -0.05) is 18.2 Å². The predicted octanol–water partition coefficient (Wildman–Crippen LogP) is 1.40. The van der Waals surface area contributed by atoms with Gasteiger partial charge in [-0.2, -0.15) is 0 Å². The second-order valence-corrected chi connectivity index (χ2v) is 2.31. The molecule has 0 amide bonds. The van der Waals surface area contributed by atoms with Crippen LogP contribution in [0.1, 0.15) is 5.56 Å². The summed E-state index contributed by atoms with van der Waals surface area (Å²) in [6, 6.07) is 7.68. The van der Waals surface area contributed by atoms with E-state index in [0.29, 0.717) is 13.1 Å². The molecule has 1 aromatic carbocycles. The van der Waals surface area contributed by atoms with Crippen molar-refractivity contribution in [2.24, 2.45) is 0 Å². The zero-order valence-electron chi connectivity index (χ0n) is 6.91. The first-order valence-corrected chi connectivity index (χ1v) is 3.69. The number of rotatable bonds is 4. The third kappa shape index (κ3) is 1.99. The molecule has 3 heteroatoms. The van der Waals surface area contributed by atoms with Crippen LogP contribution in [0.2, 0.25) is 0 Å². The maximum Gasteiger partial charge on any atom is 0.293 e. The molecule has 12 heavy (non-hydrogen) atoms. The van der Waals surface area contributed by atoms with Gasteiger partial charge in [-0.25, -0.2) is 0 Å². The van der Waals surface area contributed by atoms with Crippen LogP contribution in [0, 0.1) is 0 Å². The van der Waals surface area contributed by atoms with Gasteiger partial charge in [0.25, 0.3) is 6.47 Å². The molecule has 0 bridgehead atoms. The van der Waals surface area contributed by atoms with Crippen LogP contribution in [0.4, 0.5) is 5.69 Å². The van der Waals surface area contributed by atoms with Crippen LogP contribution < -0.4 is 5.32 Å². The Kier molecular flexibility index (Phi) is 3.14. The standard InChI is InChI=1S/C9H11NO2/c1-10-9-5-3-2-4-8(9)6-12-7-11/h2-5,7,10H,6H2,1H3. The van der Waals surface area contributed by atoms with E-state index in [0.717, 1.165) is 11.3 Å². The average Bonchev–Trinajstić information content (AvgIpc) is 2.15. The molecule has 1 aromatic rings. The Hall–Kier alpha value is -1.51. The van der Waals surface area contributed by atoms with E-state index < -0.39 is 0 Å². The molecule has 3 nitrogen and oxygen atoms in total. The SMILES string of the molecule is CNc1ccccc1COC=O. The summed E-state index contributed by atoms with van der Waals surface area (Å²) in [6.07, 6.45) is 0. The first kappa shape index (κ1) is 8.59. The highest BCUT2D eigenvalue weighted by Crippen LogP contribution is 2.14. The summed E-state index contributed by atoms with van der Waals surface area (Å²) in [7, 11) is 1.83. The molecule has 0 aromatic heterocycles. The molecule has 0 aliphatic carbocycles. The van der Waals surface area contributed by atoms with Gasteiger partial charge in [0.2, 0.25) is 0 Å². The summed E-state index contributed by atoms with van der Waals surface area (Å²) in [4.78, 5) is 9.94. The number of hydrogen-bond acceptors (Lipinski definition) is 3. The third-order valence-corrected chi connectivity index (χ3v) is 1.59. The third-order valence-electron chi connectivity index (χ3n) is 1.59. The lowest BCUT2D eigenvalue weighted by Gasteiger charge is -2.06. The molecule has 0 fully saturated rings. The van der Waals surface area contributed by atoms with Crippen LogP contribution >= 0.6 is 0 Å². The molecular weight excluding hydrogens is 154 g/mol. The van der Waals surface area contributed by atoms with Crippen molar-refractivity contribution < 1.29 is 9.53 Å². The quantitative estimate of drug-likeness (QED) is 0.685. The lowest BCUT2D eigenvalue weighted by molar-refractivity contribution is -0.129. The van der Waals surface area contributed by atoms with Crippen molar-refractivity contribution in [3.05, 3.63) is 29.8 Å². The normalized spacial score (nSPS) is 9.08. The number of carbonyl (C=O) groups excluding carboxylic acids is 1. The van der Waals surface area contributed by atoms with E-state index >= 15 is 0 Å². The summed E-state index contributed by atoms with van der Waals surface area (Å²) in [5.74, 6) is 0. The van der Waals surface area contributed by atoms with Crippen LogP contribution in [-0.4, -0.2) is 13.5 Å². The fourth-order valence-corrected chi connectivity index (χ4v) is 1.01. The fourth-order valence-electron chi connectivity index (χ4n) is 1.01. The Morgan fingerprint density at radius 3 is 2.92 bits per heavy atom. The minimum absolute atomic E-state index is 0.320. The summed E-state index contributed by atoms with van der Waals surface area (Å²) in [5, 5.41) is 3.01. The second kappa shape index (κ2) is 4.38. The number of benzene rings is 1. The molecule has 0 heterocycles. The van der Waals surface area contributed by atoms with Crippen LogP contribution in [0.3, 0.4) is 0 Å². The Bertz CT molecular complexity index is 260. The highest BCUT2D eigenvalue weighted by atomic mass is 16.5. The molecule has 64 valence electrons. The lowest BCUT2D eigenvalue weighted by Crippen LogP contribution is -1.97. The maximum atomic E-state index is 9.94. The Morgan fingerprint density at radius 1 is 1.50 bits per heavy atom. The Morgan fingerprint density at radius 2 is 2.25 bits per heavy atom. The van der Waals surface area contributed by atoms with Crippen LogP contribution in [0.25, 0.3) is 0 Å². The van der Waals surface area contributed by atoms with Crippen molar-refractivity contribution in [1.29, 1.82) is 0 Å². The van der Waals surface area contributed by atoms with E-state index in [-0.39, 0.29) is 0 Å². The van der Waals surface area contributed by atoms with E-state index in [4.69, 9.17) is 0 Å². The summed E-state index contributed by atoms with van der Waals surface area (Å²) >= 11 is 0. The highest BCUT2D eigenvalue weighted by Gasteiger charge is 1.97. The number of ether oxygens (including phenoxy) is 1. The van der Waals surface area contributed by atoms with Gasteiger partial charge in [-0.3, -0.25) is 4.79 Å². The molecule has 0 aliphatic rings. The smallest absolute Gasteiger partial charge is 0.293 e. The molecule has 1 N–H and O–H groups in total. The first-order chi connectivity index (χ1) is 5.88. The number of anilines is 1. The van der Waals surface area contributed by atoms with Crippen molar-refractivity contribution >= 4 is 12.2 Å². The predicted molar refractivity (Wildman–Crippen MR) is 46.8 cm³/mol. The molecule has 1 rings (SSSR count). The molecule has 0 radical (unpaired) electrons. The van der Waals surface area contributed by atoms with Crippen LogP contribution in [0.15, 0.2) is 24.3 Å². The maximum absolute atomic E-state index is 9.94. The van der Waals surface area contributed by atoms with Crippen LogP contribution in [-0.2, 0) is 16.1 Å². The monoisotopic (exact) mass is 165 g/mol. The van der Waals surface area contributed by atoms with Crippen molar-refractivity contribution in [2.75, 3.05) is 12.4 Å². The Balaban J connectivity index is 2.74. The van der Waals surface area contributed by atoms with E-state index in [9.17, 15) is 4.79 Å². The van der Waals surface area contributed by atoms with Gasteiger partial charge in [0.1, 0.15) is 6.61 Å². The van der Waals surface area contributed by atoms with Gasteiger partial charge < -0.3 is 10.1 Å². The van der Waals surface area contributed by atoms with Gasteiger partial charge >= 0.3 is 0 Å². The minimum Gasteiger partial charge on any atom is -0.463 e. The van der Waals surface area contributed by atoms with Gasteiger partial charge in [-0.05, 0) is 6.07 Å².